The van der Waals surface area contributed by atoms with Crippen molar-refractivity contribution in [2.75, 3.05) is 19.6 Å². The monoisotopic (exact) mass is 326 g/mol. The molecule has 4 rings (SSSR count). The molecule has 2 atom stereocenters. The van der Waals surface area contributed by atoms with Crippen molar-refractivity contribution in [1.29, 1.82) is 0 Å². The van der Waals surface area contributed by atoms with E-state index in [1.165, 1.54) is 24.2 Å². The van der Waals surface area contributed by atoms with E-state index in [1.54, 1.807) is 0 Å². The van der Waals surface area contributed by atoms with Crippen LogP contribution in [0.15, 0.2) is 16.2 Å². The van der Waals surface area contributed by atoms with E-state index in [2.05, 4.69) is 20.2 Å². The molecule has 0 bridgehead atoms. The van der Waals surface area contributed by atoms with Crippen LogP contribution in [0.4, 0.5) is 0 Å². The first kappa shape index (κ1) is 15.0. The maximum Gasteiger partial charge on any atom is 0.268 e. The van der Waals surface area contributed by atoms with E-state index < -0.39 is 0 Å². The zero-order chi connectivity index (χ0) is 13.5. The number of thiophene rings is 1. The fraction of sp³-hybridized carbons (Fsp3) is 0.571. The van der Waals surface area contributed by atoms with Crippen molar-refractivity contribution in [3.05, 3.63) is 27.6 Å². The Morgan fingerprint density at radius 1 is 1.43 bits per heavy atom. The Kier molecular flexibility index (Phi) is 4.31. The van der Waals surface area contributed by atoms with Crippen LogP contribution in [0.1, 0.15) is 18.7 Å². The number of nitrogens with one attached hydrogen (secondary N) is 2. The topological polar surface area (TPSA) is 61.0 Å². The van der Waals surface area contributed by atoms with Crippen LogP contribution in [-0.2, 0) is 6.54 Å². The number of likely N-dealkylation sites (tertiary alicyclic amines) is 1. The quantitative estimate of drug-likeness (QED) is 0.880. The van der Waals surface area contributed by atoms with Gasteiger partial charge in [0.1, 0.15) is 10.5 Å². The Bertz CT molecular complexity index is 685. The molecule has 2 aromatic rings. The zero-order valence-corrected chi connectivity index (χ0v) is 13.3. The van der Waals surface area contributed by atoms with Crippen LogP contribution in [0.5, 0.6) is 0 Å². The van der Waals surface area contributed by atoms with Gasteiger partial charge in [-0.2, -0.15) is 0 Å². The van der Waals surface area contributed by atoms with E-state index in [1.807, 2.05) is 11.4 Å². The first-order valence-electron chi connectivity index (χ1n) is 7.22. The number of aromatic amines is 1. The van der Waals surface area contributed by atoms with E-state index in [0.29, 0.717) is 6.04 Å². The molecule has 2 unspecified atom stereocenters. The number of hydrogen-bond acceptors (Lipinski definition) is 5. The first-order chi connectivity index (χ1) is 9.79. The van der Waals surface area contributed by atoms with Crippen LogP contribution in [0.3, 0.4) is 0 Å². The van der Waals surface area contributed by atoms with E-state index in [4.69, 9.17) is 0 Å². The summed E-state index contributed by atoms with van der Waals surface area (Å²) in [6.07, 6.45) is 2.48. The predicted octanol–water partition coefficient (Wildman–Crippen LogP) is 1.59. The van der Waals surface area contributed by atoms with Gasteiger partial charge in [-0.3, -0.25) is 9.69 Å². The third kappa shape index (κ3) is 2.85. The lowest BCUT2D eigenvalue weighted by Gasteiger charge is -2.34. The Hall–Kier alpha value is -0.950. The van der Waals surface area contributed by atoms with Gasteiger partial charge in [0.15, 0.2) is 0 Å². The van der Waals surface area contributed by atoms with E-state index >= 15 is 0 Å². The average Bonchev–Trinajstić information content (AvgIpc) is 3.06. The van der Waals surface area contributed by atoms with Crippen molar-refractivity contribution < 1.29 is 0 Å². The maximum atomic E-state index is 12.0. The van der Waals surface area contributed by atoms with E-state index in [-0.39, 0.29) is 18.0 Å². The molecule has 0 radical (unpaired) electrons. The van der Waals surface area contributed by atoms with Gasteiger partial charge in [-0.15, -0.1) is 23.7 Å². The minimum Gasteiger partial charge on any atom is -0.314 e. The second kappa shape index (κ2) is 6.04. The normalized spacial score (nSPS) is 25.7. The SMILES string of the molecule is Cl.O=c1[nH]c(CN2CCC3NCCC3C2)nc2ccsc12. The van der Waals surface area contributed by atoms with Gasteiger partial charge in [0, 0.05) is 19.1 Å². The van der Waals surface area contributed by atoms with Crippen LogP contribution in [-0.4, -0.2) is 40.5 Å². The second-order valence-corrected chi connectivity index (χ2v) is 6.70. The number of H-pyrrole nitrogens is 1. The minimum absolute atomic E-state index is 0. The lowest BCUT2D eigenvalue weighted by Crippen LogP contribution is -2.44. The van der Waals surface area contributed by atoms with Crippen LogP contribution in [0.25, 0.3) is 10.2 Å². The summed E-state index contributed by atoms with van der Waals surface area (Å²) in [5.41, 5.74) is 0.823. The molecule has 0 saturated carbocycles. The summed E-state index contributed by atoms with van der Waals surface area (Å²) in [4.78, 5) is 21.9. The summed E-state index contributed by atoms with van der Waals surface area (Å²) in [5, 5.41) is 5.50. The molecule has 2 aliphatic rings. The Morgan fingerprint density at radius 3 is 3.24 bits per heavy atom. The number of halogens is 1. The molecule has 0 aromatic carbocycles. The van der Waals surface area contributed by atoms with Crippen molar-refractivity contribution in [3.63, 3.8) is 0 Å². The van der Waals surface area contributed by atoms with Crippen LogP contribution in [0, 0.1) is 5.92 Å². The van der Waals surface area contributed by atoms with Gasteiger partial charge >= 0.3 is 0 Å². The van der Waals surface area contributed by atoms with Gasteiger partial charge < -0.3 is 10.3 Å². The summed E-state index contributed by atoms with van der Waals surface area (Å²) in [6.45, 7) is 4.10. The van der Waals surface area contributed by atoms with Gasteiger partial charge in [0.05, 0.1) is 12.1 Å². The van der Waals surface area contributed by atoms with Crippen molar-refractivity contribution >= 4 is 34.0 Å². The highest BCUT2D eigenvalue weighted by Crippen LogP contribution is 2.25. The van der Waals surface area contributed by atoms with Crippen molar-refractivity contribution in [2.45, 2.75) is 25.4 Å². The molecule has 4 heterocycles. The number of fused-ring (bicyclic) bond motifs is 2. The van der Waals surface area contributed by atoms with Crippen molar-refractivity contribution in [2.24, 2.45) is 5.92 Å². The Labute approximate surface area is 133 Å². The summed E-state index contributed by atoms with van der Waals surface area (Å²) in [5.74, 6) is 1.56. The molecule has 0 amide bonds. The lowest BCUT2D eigenvalue weighted by molar-refractivity contribution is 0.153. The van der Waals surface area contributed by atoms with E-state index in [0.717, 1.165) is 48.1 Å². The minimum atomic E-state index is -0.00239. The molecule has 2 aromatic heterocycles. The summed E-state index contributed by atoms with van der Waals surface area (Å²) in [6, 6.07) is 2.63. The maximum absolute atomic E-state index is 12.0. The molecular formula is C14H19ClN4OS. The number of rotatable bonds is 2. The molecule has 5 nitrogen and oxygen atoms in total. The molecular weight excluding hydrogens is 308 g/mol. The molecule has 7 heteroatoms. The number of nitrogens with zero attached hydrogens (tertiary/aromatic N) is 2. The summed E-state index contributed by atoms with van der Waals surface area (Å²) >= 11 is 1.45. The molecule has 2 aliphatic heterocycles. The molecule has 21 heavy (non-hydrogen) atoms. The number of hydrogen-bond donors (Lipinski definition) is 2. The molecule has 2 fully saturated rings. The summed E-state index contributed by atoms with van der Waals surface area (Å²) in [7, 11) is 0. The molecule has 0 aliphatic carbocycles. The van der Waals surface area contributed by atoms with Crippen LogP contribution in [0.2, 0.25) is 0 Å². The molecule has 114 valence electrons. The highest BCUT2D eigenvalue weighted by Gasteiger charge is 2.32. The third-order valence-electron chi connectivity index (χ3n) is 4.48. The lowest BCUT2D eigenvalue weighted by atomic mass is 9.93. The van der Waals surface area contributed by atoms with Gasteiger partial charge in [-0.05, 0) is 36.8 Å². The van der Waals surface area contributed by atoms with Gasteiger partial charge in [0.2, 0.25) is 0 Å². The van der Waals surface area contributed by atoms with Gasteiger partial charge in [-0.25, -0.2) is 4.98 Å². The van der Waals surface area contributed by atoms with Crippen molar-refractivity contribution in [1.82, 2.24) is 20.2 Å². The van der Waals surface area contributed by atoms with Gasteiger partial charge in [-0.1, -0.05) is 0 Å². The third-order valence-corrected chi connectivity index (χ3v) is 5.38. The zero-order valence-electron chi connectivity index (χ0n) is 11.7. The molecule has 0 spiro atoms. The Balaban J connectivity index is 0.00000132. The van der Waals surface area contributed by atoms with Gasteiger partial charge in [0.25, 0.3) is 5.56 Å². The molecule has 2 N–H and O–H groups in total. The number of piperidine rings is 1. The second-order valence-electron chi connectivity index (χ2n) is 5.78. The molecule has 2 saturated heterocycles. The largest absolute Gasteiger partial charge is 0.314 e. The standard InChI is InChI=1S/C14H18N4OS.ClH/c19-14-13-11(3-6-20-13)16-12(17-14)8-18-5-2-10-9(7-18)1-4-15-10;/h3,6,9-10,15H,1-2,4-5,7-8H2,(H,16,17,19);1H. The van der Waals surface area contributed by atoms with Crippen molar-refractivity contribution in [3.8, 4) is 0 Å². The smallest absolute Gasteiger partial charge is 0.268 e. The predicted molar refractivity (Wildman–Crippen MR) is 87.3 cm³/mol. The summed E-state index contributed by atoms with van der Waals surface area (Å²) < 4.78 is 0.729. The highest BCUT2D eigenvalue weighted by molar-refractivity contribution is 7.17. The fourth-order valence-electron chi connectivity index (χ4n) is 3.47. The Morgan fingerprint density at radius 2 is 2.33 bits per heavy atom. The van der Waals surface area contributed by atoms with E-state index in [9.17, 15) is 4.79 Å². The average molecular weight is 327 g/mol. The highest BCUT2D eigenvalue weighted by atomic mass is 35.5. The first-order valence-corrected chi connectivity index (χ1v) is 8.10. The van der Waals surface area contributed by atoms with Crippen LogP contribution >= 0.6 is 23.7 Å². The van der Waals surface area contributed by atoms with Crippen LogP contribution < -0.4 is 10.9 Å². The fourth-order valence-corrected chi connectivity index (χ4v) is 4.20. The number of aromatic nitrogens is 2.